The molecule has 0 saturated carbocycles. The lowest BCUT2D eigenvalue weighted by Crippen LogP contribution is -2.29. The normalized spacial score (nSPS) is 20.4. The average molecular weight is 430 g/mol. The number of benzene rings is 2. The maximum absolute atomic E-state index is 10.2. The zero-order chi connectivity index (χ0) is 22.3. The van der Waals surface area contributed by atoms with Gasteiger partial charge in [-0.15, -0.1) is 0 Å². The number of aliphatic hydroxyl groups excluding tert-OH is 1. The number of allylic oxidation sites excluding steroid dienone is 5. The second-order valence-electron chi connectivity index (χ2n) is 9.13. The van der Waals surface area contributed by atoms with Crippen molar-refractivity contribution in [3.8, 4) is 5.75 Å². The lowest BCUT2D eigenvalue weighted by molar-refractivity contribution is 0.255. The highest BCUT2D eigenvalue weighted by atomic mass is 16.3. The number of rotatable bonds is 7. The maximum Gasteiger partial charge on any atom is 0.116 e. The van der Waals surface area contributed by atoms with E-state index in [4.69, 9.17) is 0 Å². The summed E-state index contributed by atoms with van der Waals surface area (Å²) >= 11 is 0. The van der Waals surface area contributed by atoms with E-state index in [0.717, 1.165) is 37.9 Å². The second kappa shape index (κ2) is 10.8. The summed E-state index contributed by atoms with van der Waals surface area (Å²) < 4.78 is 0. The summed E-state index contributed by atoms with van der Waals surface area (Å²) in [5.74, 6) is 1.22. The van der Waals surface area contributed by atoms with Gasteiger partial charge in [0.1, 0.15) is 5.75 Å². The Morgan fingerprint density at radius 1 is 1.00 bits per heavy atom. The van der Waals surface area contributed by atoms with Crippen molar-refractivity contribution in [2.45, 2.75) is 38.0 Å². The van der Waals surface area contributed by atoms with Crippen LogP contribution in [0.25, 0.3) is 5.57 Å². The molecule has 1 heterocycles. The van der Waals surface area contributed by atoms with E-state index in [1.807, 2.05) is 12.1 Å². The highest BCUT2D eigenvalue weighted by Gasteiger charge is 2.21. The Labute approximate surface area is 192 Å². The van der Waals surface area contributed by atoms with Gasteiger partial charge in [0.25, 0.3) is 0 Å². The third-order valence-electron chi connectivity index (χ3n) is 6.88. The third-order valence-corrected chi connectivity index (χ3v) is 6.88. The first-order valence-corrected chi connectivity index (χ1v) is 11.9. The summed E-state index contributed by atoms with van der Waals surface area (Å²) in [6.07, 6.45) is 13.7. The van der Waals surface area contributed by atoms with Crippen LogP contribution in [0.2, 0.25) is 0 Å². The van der Waals surface area contributed by atoms with Gasteiger partial charge in [0.15, 0.2) is 0 Å². The Balaban J connectivity index is 1.75. The van der Waals surface area contributed by atoms with Crippen molar-refractivity contribution in [3.63, 3.8) is 0 Å². The topological polar surface area (TPSA) is 43.7 Å². The highest BCUT2D eigenvalue weighted by Crippen LogP contribution is 2.38. The quantitative estimate of drug-likeness (QED) is 0.575. The summed E-state index contributed by atoms with van der Waals surface area (Å²) in [4.78, 5) is 2.41. The first-order valence-electron chi connectivity index (χ1n) is 11.9. The van der Waals surface area contributed by atoms with E-state index < -0.39 is 0 Å². The molecule has 3 heteroatoms. The van der Waals surface area contributed by atoms with Crippen LogP contribution in [0.4, 0.5) is 0 Å². The van der Waals surface area contributed by atoms with Crippen molar-refractivity contribution in [3.05, 3.63) is 95.1 Å². The van der Waals surface area contributed by atoms with E-state index in [1.165, 1.54) is 35.1 Å². The molecule has 1 unspecified atom stereocenters. The Morgan fingerprint density at radius 3 is 2.44 bits per heavy atom. The molecule has 2 aromatic carbocycles. The minimum atomic E-state index is 0.179. The molecule has 0 amide bonds. The van der Waals surface area contributed by atoms with Gasteiger partial charge >= 0.3 is 0 Å². The lowest BCUT2D eigenvalue weighted by atomic mass is 9.81. The lowest BCUT2D eigenvalue weighted by Gasteiger charge is -2.29. The van der Waals surface area contributed by atoms with Crippen LogP contribution in [0.3, 0.4) is 0 Å². The molecule has 1 saturated heterocycles. The number of hydrogen-bond acceptors (Lipinski definition) is 3. The van der Waals surface area contributed by atoms with Gasteiger partial charge < -0.3 is 15.1 Å². The van der Waals surface area contributed by atoms with Crippen LogP contribution in [0.15, 0.2) is 78.4 Å². The summed E-state index contributed by atoms with van der Waals surface area (Å²) in [6.45, 7) is 2.50. The van der Waals surface area contributed by atoms with Gasteiger partial charge in [0, 0.05) is 12.5 Å². The van der Waals surface area contributed by atoms with E-state index in [0.29, 0.717) is 11.8 Å². The number of likely N-dealkylation sites (tertiary alicyclic amines) is 1. The highest BCUT2D eigenvalue weighted by molar-refractivity contribution is 5.83. The van der Waals surface area contributed by atoms with Gasteiger partial charge in [-0.1, -0.05) is 66.3 Å². The predicted molar refractivity (Wildman–Crippen MR) is 133 cm³/mol. The summed E-state index contributed by atoms with van der Waals surface area (Å²) in [5.41, 5.74) is 6.16. The predicted octanol–water partition coefficient (Wildman–Crippen LogP) is 5.91. The van der Waals surface area contributed by atoms with Gasteiger partial charge in [-0.05, 0) is 92.6 Å². The Hall–Kier alpha value is -2.62. The molecule has 0 aromatic heterocycles. The average Bonchev–Trinajstić information content (AvgIpc) is 2.83. The monoisotopic (exact) mass is 429 g/mol. The molecule has 2 aliphatic rings. The number of phenols is 1. The van der Waals surface area contributed by atoms with E-state index in [9.17, 15) is 10.2 Å². The fourth-order valence-corrected chi connectivity index (χ4v) is 5.07. The molecule has 3 nitrogen and oxygen atoms in total. The second-order valence-corrected chi connectivity index (χ2v) is 9.13. The van der Waals surface area contributed by atoms with Gasteiger partial charge in [-0.2, -0.15) is 0 Å². The molecule has 32 heavy (non-hydrogen) atoms. The van der Waals surface area contributed by atoms with Gasteiger partial charge in [-0.3, -0.25) is 0 Å². The molecular weight excluding hydrogens is 394 g/mol. The fourth-order valence-electron chi connectivity index (χ4n) is 5.07. The van der Waals surface area contributed by atoms with E-state index in [1.54, 1.807) is 6.07 Å². The molecule has 0 radical (unpaired) electrons. The van der Waals surface area contributed by atoms with Crippen molar-refractivity contribution in [2.75, 3.05) is 26.7 Å². The number of nitrogens with zero attached hydrogens (tertiary/aromatic N) is 1. The molecule has 1 atom stereocenters. The molecule has 1 fully saturated rings. The molecule has 1 aliphatic heterocycles. The van der Waals surface area contributed by atoms with Crippen LogP contribution in [-0.2, 0) is 0 Å². The molecular formula is C29H35NO2. The zero-order valence-corrected chi connectivity index (χ0v) is 19.1. The SMILES string of the molecule is CN1CCC(c2ccc(/C(=C(/CCCO)C3C=CC=CC3)c3cccc(O)c3)cc2)CC1. The smallest absolute Gasteiger partial charge is 0.116 e. The van der Waals surface area contributed by atoms with E-state index in [2.05, 4.69) is 66.6 Å². The fraction of sp³-hybridized carbons (Fsp3) is 0.379. The van der Waals surface area contributed by atoms with E-state index in [-0.39, 0.29) is 12.4 Å². The number of aromatic hydroxyl groups is 1. The van der Waals surface area contributed by atoms with Crippen LogP contribution >= 0.6 is 0 Å². The van der Waals surface area contributed by atoms with Crippen molar-refractivity contribution in [1.29, 1.82) is 0 Å². The first kappa shape index (κ1) is 22.6. The summed E-state index contributed by atoms with van der Waals surface area (Å²) in [5, 5.41) is 19.8. The molecule has 0 spiro atoms. The Morgan fingerprint density at radius 2 is 1.78 bits per heavy atom. The van der Waals surface area contributed by atoms with Crippen molar-refractivity contribution < 1.29 is 10.2 Å². The van der Waals surface area contributed by atoms with Gasteiger partial charge in [-0.25, -0.2) is 0 Å². The standard InChI is InChI=1S/C29H35NO2/c1-30-18-16-23(17-19-30)22-12-14-25(15-13-22)29(26-9-5-10-27(32)21-26)28(11-6-20-31)24-7-3-2-4-8-24/h2-5,7,9-10,12-15,21,23-24,31-32H,6,8,11,16-20H2,1H3/b29-28+. The van der Waals surface area contributed by atoms with Crippen LogP contribution in [-0.4, -0.2) is 41.9 Å². The zero-order valence-electron chi connectivity index (χ0n) is 19.1. The summed E-state index contributed by atoms with van der Waals surface area (Å²) in [6, 6.07) is 16.7. The van der Waals surface area contributed by atoms with Crippen molar-refractivity contribution >= 4 is 5.57 Å². The summed E-state index contributed by atoms with van der Waals surface area (Å²) in [7, 11) is 2.20. The van der Waals surface area contributed by atoms with Crippen molar-refractivity contribution in [2.24, 2.45) is 5.92 Å². The molecule has 2 aromatic rings. The number of phenolic OH excluding ortho intramolecular Hbond substituents is 1. The molecule has 168 valence electrons. The maximum atomic E-state index is 10.2. The largest absolute Gasteiger partial charge is 0.508 e. The Kier molecular flexibility index (Phi) is 7.62. The molecule has 2 N–H and O–H groups in total. The molecule has 1 aliphatic carbocycles. The number of hydrogen-bond donors (Lipinski definition) is 2. The van der Waals surface area contributed by atoms with Crippen LogP contribution < -0.4 is 0 Å². The van der Waals surface area contributed by atoms with Crippen molar-refractivity contribution in [1.82, 2.24) is 4.90 Å². The Bertz CT molecular complexity index is 978. The number of piperidine rings is 1. The van der Waals surface area contributed by atoms with Crippen LogP contribution in [0.5, 0.6) is 5.75 Å². The molecule has 0 bridgehead atoms. The molecule has 4 rings (SSSR count). The minimum absolute atomic E-state index is 0.179. The minimum Gasteiger partial charge on any atom is -0.508 e. The van der Waals surface area contributed by atoms with Gasteiger partial charge in [0.05, 0.1) is 0 Å². The van der Waals surface area contributed by atoms with Crippen LogP contribution in [0, 0.1) is 5.92 Å². The first-order chi connectivity index (χ1) is 15.7. The van der Waals surface area contributed by atoms with Gasteiger partial charge in [0.2, 0.25) is 0 Å². The van der Waals surface area contributed by atoms with E-state index >= 15 is 0 Å². The number of aliphatic hydroxyl groups is 1. The third kappa shape index (κ3) is 5.40. The van der Waals surface area contributed by atoms with Crippen LogP contribution in [0.1, 0.15) is 54.7 Å².